The molecule has 0 spiro atoms. The van der Waals surface area contributed by atoms with Crippen LogP contribution in [0.2, 0.25) is 0 Å². The number of rotatable bonds is 8. The number of nitrogens with zero attached hydrogens (tertiary/aromatic N) is 1. The number of aryl methyl sites for hydroxylation is 3. The van der Waals surface area contributed by atoms with Crippen molar-refractivity contribution in [2.45, 2.75) is 27.3 Å². The Labute approximate surface area is 177 Å². The molecule has 0 aliphatic heterocycles. The predicted octanol–water partition coefficient (Wildman–Crippen LogP) is 5.49. The highest BCUT2D eigenvalue weighted by molar-refractivity contribution is 6.14. The second-order valence-electron chi connectivity index (χ2n) is 7.51. The van der Waals surface area contributed by atoms with Crippen molar-refractivity contribution in [1.29, 1.82) is 0 Å². The van der Waals surface area contributed by atoms with Gasteiger partial charge in [-0.3, -0.25) is 9.69 Å². The van der Waals surface area contributed by atoms with Crippen LogP contribution in [0.1, 0.15) is 32.8 Å². The van der Waals surface area contributed by atoms with Gasteiger partial charge in [-0.05, 0) is 44.5 Å². The molecule has 0 atom stereocenters. The second kappa shape index (κ2) is 9.01. The van der Waals surface area contributed by atoms with Gasteiger partial charge in [-0.1, -0.05) is 29.8 Å². The van der Waals surface area contributed by atoms with E-state index in [0.29, 0.717) is 47.5 Å². The molecule has 3 rings (SSSR count). The molecule has 0 fully saturated rings. The number of anilines is 1. The molecule has 156 valence electrons. The standard InChI is InChI=1S/C25H28N2O3/c1-6-12-27(13-7-2)15-19-21(28)10-11-22-24(19)23(18(5)30-22)25(29)26-20-9-8-16(3)14-17(20)4/h6-11,14,28H,1-2,12-13,15H2,3-5H3,(H,26,29). The Bertz CT molecular complexity index is 1100. The van der Waals surface area contributed by atoms with Crippen LogP contribution < -0.4 is 5.32 Å². The van der Waals surface area contributed by atoms with Gasteiger partial charge in [0.05, 0.1) is 5.56 Å². The van der Waals surface area contributed by atoms with E-state index in [4.69, 9.17) is 4.42 Å². The van der Waals surface area contributed by atoms with Crippen molar-refractivity contribution in [3.05, 3.63) is 83.7 Å². The minimum Gasteiger partial charge on any atom is -0.508 e. The molecular weight excluding hydrogens is 376 g/mol. The Kier molecular flexibility index (Phi) is 6.43. The van der Waals surface area contributed by atoms with Crippen molar-refractivity contribution in [1.82, 2.24) is 4.90 Å². The third kappa shape index (κ3) is 4.31. The van der Waals surface area contributed by atoms with Crippen molar-refractivity contribution < 1.29 is 14.3 Å². The van der Waals surface area contributed by atoms with Crippen molar-refractivity contribution >= 4 is 22.6 Å². The summed E-state index contributed by atoms with van der Waals surface area (Å²) in [6.07, 6.45) is 3.60. The van der Waals surface area contributed by atoms with Crippen molar-refractivity contribution in [2.24, 2.45) is 0 Å². The first kappa shape index (κ1) is 21.4. The monoisotopic (exact) mass is 404 g/mol. The fraction of sp³-hybridized carbons (Fsp3) is 0.240. The number of phenols is 1. The van der Waals surface area contributed by atoms with Gasteiger partial charge in [-0.25, -0.2) is 0 Å². The van der Waals surface area contributed by atoms with E-state index in [2.05, 4.69) is 23.4 Å². The molecule has 5 nitrogen and oxygen atoms in total. The third-order valence-corrected chi connectivity index (χ3v) is 5.13. The van der Waals surface area contributed by atoms with Gasteiger partial charge in [0.1, 0.15) is 17.1 Å². The number of aromatic hydroxyl groups is 1. The number of phenolic OH excluding ortho intramolecular Hbond substituents is 1. The Morgan fingerprint density at radius 2 is 1.83 bits per heavy atom. The summed E-state index contributed by atoms with van der Waals surface area (Å²) in [4.78, 5) is 15.3. The minimum atomic E-state index is -0.260. The Balaban J connectivity index is 2.07. The fourth-order valence-corrected chi connectivity index (χ4v) is 3.73. The highest BCUT2D eigenvalue weighted by Gasteiger charge is 2.24. The lowest BCUT2D eigenvalue weighted by atomic mass is 10.0. The number of hydrogen-bond donors (Lipinski definition) is 2. The molecule has 0 radical (unpaired) electrons. The quantitative estimate of drug-likeness (QED) is 0.487. The van der Waals surface area contributed by atoms with E-state index in [9.17, 15) is 9.90 Å². The number of benzene rings is 2. The number of furan rings is 1. The molecular formula is C25H28N2O3. The lowest BCUT2D eigenvalue weighted by Crippen LogP contribution is -2.23. The van der Waals surface area contributed by atoms with Crippen LogP contribution in [0.15, 0.2) is 60.1 Å². The van der Waals surface area contributed by atoms with Crippen molar-refractivity contribution in [2.75, 3.05) is 18.4 Å². The van der Waals surface area contributed by atoms with Gasteiger partial charge in [-0.2, -0.15) is 0 Å². The zero-order chi connectivity index (χ0) is 21.8. The van der Waals surface area contributed by atoms with E-state index < -0.39 is 0 Å². The summed E-state index contributed by atoms with van der Waals surface area (Å²) in [6, 6.07) is 9.18. The Hall–Kier alpha value is -3.31. The van der Waals surface area contributed by atoms with Crippen LogP contribution in [0.3, 0.4) is 0 Å². The van der Waals surface area contributed by atoms with E-state index in [1.165, 1.54) is 0 Å². The van der Waals surface area contributed by atoms with E-state index in [1.807, 2.05) is 32.0 Å². The highest BCUT2D eigenvalue weighted by atomic mass is 16.3. The minimum absolute atomic E-state index is 0.127. The summed E-state index contributed by atoms with van der Waals surface area (Å²) >= 11 is 0. The first-order valence-corrected chi connectivity index (χ1v) is 9.92. The number of carbonyl (C=O) groups is 1. The highest BCUT2D eigenvalue weighted by Crippen LogP contribution is 2.35. The largest absolute Gasteiger partial charge is 0.508 e. The fourth-order valence-electron chi connectivity index (χ4n) is 3.73. The maximum Gasteiger partial charge on any atom is 0.259 e. The lowest BCUT2D eigenvalue weighted by molar-refractivity contribution is 0.102. The summed E-state index contributed by atoms with van der Waals surface area (Å²) in [5.41, 5.74) is 4.53. The average Bonchev–Trinajstić information content (AvgIpc) is 3.03. The summed E-state index contributed by atoms with van der Waals surface area (Å²) in [5.74, 6) is 0.379. The molecule has 5 heteroatoms. The van der Waals surface area contributed by atoms with Gasteiger partial charge in [0.2, 0.25) is 0 Å². The molecule has 3 aromatic rings. The van der Waals surface area contributed by atoms with Gasteiger partial charge in [-0.15, -0.1) is 13.2 Å². The number of carbonyl (C=O) groups excluding carboxylic acids is 1. The SMILES string of the molecule is C=CCN(CC=C)Cc1c(O)ccc2oc(C)c(C(=O)Nc3ccc(C)cc3C)c12. The van der Waals surface area contributed by atoms with Gasteiger partial charge < -0.3 is 14.8 Å². The van der Waals surface area contributed by atoms with Crippen LogP contribution in [0.4, 0.5) is 5.69 Å². The average molecular weight is 405 g/mol. The first-order valence-electron chi connectivity index (χ1n) is 9.92. The van der Waals surface area contributed by atoms with Gasteiger partial charge in [0, 0.05) is 36.3 Å². The summed E-state index contributed by atoms with van der Waals surface area (Å²) < 4.78 is 5.87. The molecule has 0 aliphatic carbocycles. The van der Waals surface area contributed by atoms with Crippen LogP contribution in [-0.2, 0) is 6.54 Å². The lowest BCUT2D eigenvalue weighted by Gasteiger charge is -2.20. The third-order valence-electron chi connectivity index (χ3n) is 5.13. The van der Waals surface area contributed by atoms with Crippen LogP contribution >= 0.6 is 0 Å². The smallest absolute Gasteiger partial charge is 0.259 e. The van der Waals surface area contributed by atoms with Crippen LogP contribution in [0.25, 0.3) is 11.0 Å². The topological polar surface area (TPSA) is 65.7 Å². The molecule has 30 heavy (non-hydrogen) atoms. The molecule has 0 saturated heterocycles. The molecule has 0 saturated carbocycles. The van der Waals surface area contributed by atoms with Crippen LogP contribution in [0, 0.1) is 20.8 Å². The number of hydrogen-bond acceptors (Lipinski definition) is 4. The van der Waals surface area contributed by atoms with Crippen molar-refractivity contribution in [3.63, 3.8) is 0 Å². The molecule has 0 unspecified atom stereocenters. The summed E-state index contributed by atoms with van der Waals surface area (Å²) in [5, 5.41) is 14.3. The van der Waals surface area contributed by atoms with E-state index in [1.54, 1.807) is 31.2 Å². The van der Waals surface area contributed by atoms with E-state index >= 15 is 0 Å². The van der Waals surface area contributed by atoms with Crippen molar-refractivity contribution in [3.8, 4) is 5.75 Å². The molecule has 2 aromatic carbocycles. The van der Waals surface area contributed by atoms with Crippen LogP contribution in [0.5, 0.6) is 5.75 Å². The van der Waals surface area contributed by atoms with Gasteiger partial charge >= 0.3 is 0 Å². The zero-order valence-corrected chi connectivity index (χ0v) is 17.8. The maximum atomic E-state index is 13.2. The Morgan fingerprint density at radius 1 is 1.13 bits per heavy atom. The molecule has 0 aliphatic rings. The van der Waals surface area contributed by atoms with Crippen LogP contribution in [-0.4, -0.2) is 29.0 Å². The number of amides is 1. The molecule has 1 amide bonds. The van der Waals surface area contributed by atoms with Gasteiger partial charge in [0.15, 0.2) is 0 Å². The Morgan fingerprint density at radius 3 is 2.47 bits per heavy atom. The molecule has 1 aromatic heterocycles. The summed E-state index contributed by atoms with van der Waals surface area (Å²) in [7, 11) is 0. The molecule has 2 N–H and O–H groups in total. The predicted molar refractivity (Wildman–Crippen MR) is 122 cm³/mol. The number of fused-ring (bicyclic) bond motifs is 1. The zero-order valence-electron chi connectivity index (χ0n) is 17.8. The number of nitrogens with one attached hydrogen (secondary N) is 1. The summed E-state index contributed by atoms with van der Waals surface area (Å²) in [6.45, 7) is 15.0. The van der Waals surface area contributed by atoms with E-state index in [-0.39, 0.29) is 11.7 Å². The van der Waals surface area contributed by atoms with Gasteiger partial charge in [0.25, 0.3) is 5.91 Å². The molecule has 1 heterocycles. The van der Waals surface area contributed by atoms with E-state index in [0.717, 1.165) is 16.8 Å². The maximum absolute atomic E-state index is 13.2. The normalized spacial score (nSPS) is 11.1. The molecule has 0 bridgehead atoms. The first-order chi connectivity index (χ1) is 14.3. The second-order valence-corrected chi connectivity index (χ2v) is 7.51.